The minimum atomic E-state index is -0.636. The molecular formula is C12H10O3. The standard InChI is InChI=1S/C12H10O3/c1-7-3-2-4-8(5-7)12-6-9(12)10(13)15-11(12)14/h2-5,9H,6H2,1H3. The fourth-order valence-corrected chi connectivity index (χ4v) is 2.39. The quantitative estimate of drug-likeness (QED) is 0.509. The lowest BCUT2D eigenvalue weighted by Crippen LogP contribution is -2.18. The Morgan fingerprint density at radius 3 is 2.73 bits per heavy atom. The average Bonchev–Trinajstić information content (AvgIpc) is 2.88. The molecule has 1 saturated carbocycles. The Labute approximate surface area is 87.0 Å². The van der Waals surface area contributed by atoms with Gasteiger partial charge in [0.05, 0.1) is 5.92 Å². The van der Waals surface area contributed by atoms with Crippen molar-refractivity contribution in [1.29, 1.82) is 0 Å². The second-order valence-electron chi connectivity index (χ2n) is 4.31. The highest BCUT2D eigenvalue weighted by molar-refractivity contribution is 6.07. The molecule has 0 aromatic heterocycles. The zero-order chi connectivity index (χ0) is 10.6. The summed E-state index contributed by atoms with van der Waals surface area (Å²) in [6.07, 6.45) is 0.619. The Bertz CT molecular complexity index is 478. The third-order valence-electron chi connectivity index (χ3n) is 3.34. The van der Waals surface area contributed by atoms with E-state index in [2.05, 4.69) is 4.74 Å². The number of fused-ring (bicyclic) bond motifs is 1. The molecule has 3 nitrogen and oxygen atoms in total. The normalized spacial score (nSPS) is 32.5. The molecule has 0 amide bonds. The van der Waals surface area contributed by atoms with Gasteiger partial charge < -0.3 is 4.74 Å². The number of ether oxygens (including phenoxy) is 1. The van der Waals surface area contributed by atoms with Crippen LogP contribution in [0.4, 0.5) is 0 Å². The van der Waals surface area contributed by atoms with E-state index < -0.39 is 5.41 Å². The monoisotopic (exact) mass is 202 g/mol. The molecule has 1 aliphatic carbocycles. The van der Waals surface area contributed by atoms with Crippen molar-refractivity contribution >= 4 is 11.9 Å². The maximum absolute atomic E-state index is 11.6. The molecule has 2 aliphatic rings. The molecular weight excluding hydrogens is 192 g/mol. The molecule has 0 radical (unpaired) electrons. The van der Waals surface area contributed by atoms with E-state index in [4.69, 9.17) is 0 Å². The molecule has 2 atom stereocenters. The van der Waals surface area contributed by atoms with Crippen LogP contribution in [-0.2, 0) is 19.7 Å². The van der Waals surface area contributed by atoms with Crippen molar-refractivity contribution in [3.8, 4) is 0 Å². The molecule has 1 aromatic rings. The van der Waals surface area contributed by atoms with E-state index in [1.807, 2.05) is 31.2 Å². The van der Waals surface area contributed by atoms with Crippen LogP contribution in [0.2, 0.25) is 0 Å². The van der Waals surface area contributed by atoms with Gasteiger partial charge in [0.15, 0.2) is 0 Å². The Morgan fingerprint density at radius 2 is 2.20 bits per heavy atom. The summed E-state index contributed by atoms with van der Waals surface area (Å²) >= 11 is 0. The van der Waals surface area contributed by atoms with E-state index >= 15 is 0 Å². The van der Waals surface area contributed by atoms with Crippen LogP contribution in [0.3, 0.4) is 0 Å². The van der Waals surface area contributed by atoms with E-state index in [9.17, 15) is 9.59 Å². The van der Waals surface area contributed by atoms with Crippen molar-refractivity contribution < 1.29 is 14.3 Å². The third kappa shape index (κ3) is 0.950. The van der Waals surface area contributed by atoms with Crippen molar-refractivity contribution in [3.05, 3.63) is 35.4 Å². The van der Waals surface area contributed by atoms with Gasteiger partial charge in [-0.25, -0.2) is 0 Å². The number of esters is 2. The second-order valence-corrected chi connectivity index (χ2v) is 4.31. The van der Waals surface area contributed by atoms with Crippen LogP contribution in [-0.4, -0.2) is 11.9 Å². The average molecular weight is 202 g/mol. The summed E-state index contributed by atoms with van der Waals surface area (Å²) in [5, 5.41) is 0. The van der Waals surface area contributed by atoms with Crippen LogP contribution in [0.5, 0.6) is 0 Å². The highest BCUT2D eigenvalue weighted by atomic mass is 16.6. The molecule has 15 heavy (non-hydrogen) atoms. The molecule has 0 bridgehead atoms. The van der Waals surface area contributed by atoms with Crippen molar-refractivity contribution in [2.45, 2.75) is 18.8 Å². The minimum Gasteiger partial charge on any atom is -0.392 e. The van der Waals surface area contributed by atoms with Gasteiger partial charge in [-0.15, -0.1) is 0 Å². The molecule has 3 rings (SSSR count). The fraction of sp³-hybridized carbons (Fsp3) is 0.333. The summed E-state index contributed by atoms with van der Waals surface area (Å²) in [5.41, 5.74) is 1.38. The first-order chi connectivity index (χ1) is 7.14. The molecule has 2 fully saturated rings. The maximum atomic E-state index is 11.6. The van der Waals surface area contributed by atoms with Crippen LogP contribution in [0, 0.1) is 12.8 Å². The smallest absolute Gasteiger partial charge is 0.325 e. The largest absolute Gasteiger partial charge is 0.392 e. The Kier molecular flexibility index (Phi) is 1.43. The Hall–Kier alpha value is -1.64. The molecule has 0 spiro atoms. The highest BCUT2D eigenvalue weighted by Crippen LogP contribution is 2.59. The lowest BCUT2D eigenvalue weighted by Gasteiger charge is -2.08. The number of carbonyl (C=O) groups excluding carboxylic acids is 2. The van der Waals surface area contributed by atoms with Crippen LogP contribution < -0.4 is 0 Å². The molecule has 76 valence electrons. The van der Waals surface area contributed by atoms with Gasteiger partial charge in [0.2, 0.25) is 0 Å². The van der Waals surface area contributed by atoms with Gasteiger partial charge in [-0.05, 0) is 18.9 Å². The Morgan fingerprint density at radius 1 is 1.40 bits per heavy atom. The lowest BCUT2D eigenvalue weighted by atomic mass is 9.93. The maximum Gasteiger partial charge on any atom is 0.325 e. The van der Waals surface area contributed by atoms with Gasteiger partial charge in [-0.2, -0.15) is 0 Å². The number of carbonyl (C=O) groups is 2. The summed E-state index contributed by atoms with van der Waals surface area (Å²) < 4.78 is 4.64. The van der Waals surface area contributed by atoms with Gasteiger partial charge >= 0.3 is 11.9 Å². The van der Waals surface area contributed by atoms with Crippen LogP contribution >= 0.6 is 0 Å². The molecule has 2 unspecified atom stereocenters. The SMILES string of the molecule is Cc1cccc(C23CC2C(=O)OC3=O)c1. The van der Waals surface area contributed by atoms with Crippen molar-refractivity contribution in [2.24, 2.45) is 5.92 Å². The van der Waals surface area contributed by atoms with Crippen molar-refractivity contribution in [1.82, 2.24) is 0 Å². The number of benzene rings is 1. The van der Waals surface area contributed by atoms with E-state index in [1.165, 1.54) is 0 Å². The van der Waals surface area contributed by atoms with Gasteiger partial charge in [0.25, 0.3) is 0 Å². The molecule has 1 aliphatic heterocycles. The predicted octanol–water partition coefficient (Wildman–Crippen LogP) is 1.34. The Balaban J connectivity index is 2.09. The molecule has 1 heterocycles. The van der Waals surface area contributed by atoms with Gasteiger partial charge in [-0.1, -0.05) is 29.8 Å². The second kappa shape index (κ2) is 2.48. The van der Waals surface area contributed by atoms with E-state index in [1.54, 1.807) is 0 Å². The first-order valence-electron chi connectivity index (χ1n) is 4.98. The third-order valence-corrected chi connectivity index (χ3v) is 3.34. The van der Waals surface area contributed by atoms with Crippen molar-refractivity contribution in [2.75, 3.05) is 0 Å². The van der Waals surface area contributed by atoms with Gasteiger partial charge in [0.1, 0.15) is 5.41 Å². The molecule has 1 saturated heterocycles. The first-order valence-corrected chi connectivity index (χ1v) is 4.98. The van der Waals surface area contributed by atoms with Gasteiger partial charge in [-0.3, -0.25) is 9.59 Å². The summed E-state index contributed by atoms with van der Waals surface area (Å²) in [7, 11) is 0. The van der Waals surface area contributed by atoms with E-state index in [0.29, 0.717) is 6.42 Å². The number of rotatable bonds is 1. The van der Waals surface area contributed by atoms with Crippen molar-refractivity contribution in [3.63, 3.8) is 0 Å². The van der Waals surface area contributed by atoms with Crippen LogP contribution in [0.15, 0.2) is 24.3 Å². The topological polar surface area (TPSA) is 43.4 Å². The zero-order valence-electron chi connectivity index (χ0n) is 8.32. The predicted molar refractivity (Wildman–Crippen MR) is 52.1 cm³/mol. The van der Waals surface area contributed by atoms with Crippen LogP contribution in [0.25, 0.3) is 0 Å². The fourth-order valence-electron chi connectivity index (χ4n) is 2.39. The lowest BCUT2D eigenvalue weighted by molar-refractivity contribution is -0.155. The number of aryl methyl sites for hydroxylation is 1. The first kappa shape index (κ1) is 8.65. The summed E-state index contributed by atoms with van der Waals surface area (Å²) in [6, 6.07) is 7.73. The molecule has 0 N–H and O–H groups in total. The zero-order valence-corrected chi connectivity index (χ0v) is 8.32. The number of cyclic esters (lactones) is 2. The molecule has 1 aromatic carbocycles. The van der Waals surface area contributed by atoms with E-state index in [-0.39, 0.29) is 17.9 Å². The number of hydrogen-bond donors (Lipinski definition) is 0. The minimum absolute atomic E-state index is 0.230. The summed E-state index contributed by atoms with van der Waals surface area (Å²) in [6.45, 7) is 1.97. The summed E-state index contributed by atoms with van der Waals surface area (Å²) in [5.74, 6) is -0.962. The van der Waals surface area contributed by atoms with Crippen LogP contribution in [0.1, 0.15) is 17.5 Å². The summed E-state index contributed by atoms with van der Waals surface area (Å²) in [4.78, 5) is 22.9. The highest BCUT2D eigenvalue weighted by Gasteiger charge is 2.71. The number of hydrogen-bond acceptors (Lipinski definition) is 3. The van der Waals surface area contributed by atoms with E-state index in [0.717, 1.165) is 11.1 Å². The molecule has 3 heteroatoms. The van der Waals surface area contributed by atoms with Gasteiger partial charge in [0, 0.05) is 0 Å².